The quantitative estimate of drug-likeness (QED) is 0.474. The molecule has 0 radical (unpaired) electrons. The number of hydrogen-bond acceptors (Lipinski definition) is 4. The Labute approximate surface area is 166 Å². The summed E-state index contributed by atoms with van der Waals surface area (Å²) >= 11 is 4.93. The highest BCUT2D eigenvalue weighted by Crippen LogP contribution is 2.31. The number of amides is 1. The van der Waals surface area contributed by atoms with Crippen molar-refractivity contribution in [3.8, 4) is 0 Å². The number of halogens is 1. The van der Waals surface area contributed by atoms with Gasteiger partial charge in [0.15, 0.2) is 5.17 Å². The molecule has 1 fully saturated rings. The number of hydrogen-bond donors (Lipinski definition) is 0. The van der Waals surface area contributed by atoms with Crippen molar-refractivity contribution < 1.29 is 4.79 Å². The van der Waals surface area contributed by atoms with Crippen LogP contribution < -0.4 is 0 Å². The van der Waals surface area contributed by atoms with E-state index in [1.165, 1.54) is 11.8 Å². The largest absolute Gasteiger partial charge is 0.284 e. The van der Waals surface area contributed by atoms with E-state index in [4.69, 9.17) is 0 Å². The van der Waals surface area contributed by atoms with Gasteiger partial charge in [0.25, 0.3) is 0 Å². The number of carbonyl (C=O) groups is 1. The fraction of sp³-hybridized carbons (Fsp3) is 0.250. The van der Waals surface area contributed by atoms with Gasteiger partial charge in [-0.05, 0) is 29.7 Å². The van der Waals surface area contributed by atoms with E-state index >= 15 is 0 Å². The summed E-state index contributed by atoms with van der Waals surface area (Å²) < 4.78 is 1.02. The SMILES string of the molecule is CCCC1SC(=NN=Cc2ccc(Br)cc2)N(Cc2ccccc2)C1=O. The minimum atomic E-state index is -0.0645. The monoisotopic (exact) mass is 429 g/mol. The zero-order valence-electron chi connectivity index (χ0n) is 14.5. The molecule has 2 aromatic rings. The van der Waals surface area contributed by atoms with Gasteiger partial charge in [0.1, 0.15) is 0 Å². The van der Waals surface area contributed by atoms with Gasteiger partial charge >= 0.3 is 0 Å². The van der Waals surface area contributed by atoms with Gasteiger partial charge in [0, 0.05) is 4.47 Å². The standard InChI is InChI=1S/C20H20BrN3OS/c1-2-6-18-19(25)24(14-16-7-4-3-5-8-16)20(26-18)23-22-13-15-9-11-17(21)12-10-15/h3-5,7-13,18H,2,6,14H2,1H3. The van der Waals surface area contributed by atoms with Crippen LogP contribution in [-0.2, 0) is 11.3 Å². The summed E-state index contributed by atoms with van der Waals surface area (Å²) in [5.41, 5.74) is 2.05. The van der Waals surface area contributed by atoms with Crippen LogP contribution in [0.4, 0.5) is 0 Å². The van der Waals surface area contributed by atoms with E-state index < -0.39 is 0 Å². The first-order valence-corrected chi connectivity index (χ1v) is 10.2. The van der Waals surface area contributed by atoms with Gasteiger partial charge in [-0.1, -0.05) is 83.5 Å². The smallest absolute Gasteiger partial charge is 0.242 e. The maximum Gasteiger partial charge on any atom is 0.242 e. The normalized spacial score (nSPS) is 19.0. The number of nitrogens with zero attached hydrogens (tertiary/aromatic N) is 3. The second kappa shape index (κ2) is 9.14. The molecule has 0 bridgehead atoms. The Morgan fingerprint density at radius 3 is 2.58 bits per heavy atom. The zero-order valence-corrected chi connectivity index (χ0v) is 16.9. The Balaban J connectivity index is 1.79. The summed E-state index contributed by atoms with van der Waals surface area (Å²) in [7, 11) is 0. The van der Waals surface area contributed by atoms with E-state index in [9.17, 15) is 4.79 Å². The Morgan fingerprint density at radius 1 is 1.15 bits per heavy atom. The fourth-order valence-corrected chi connectivity index (χ4v) is 4.11. The van der Waals surface area contributed by atoms with E-state index in [-0.39, 0.29) is 11.2 Å². The molecule has 1 unspecified atom stereocenters. The van der Waals surface area contributed by atoms with Crippen LogP contribution in [0.1, 0.15) is 30.9 Å². The van der Waals surface area contributed by atoms with Crippen molar-refractivity contribution in [1.29, 1.82) is 0 Å². The molecule has 1 heterocycles. The Morgan fingerprint density at radius 2 is 1.88 bits per heavy atom. The Bertz CT molecular complexity index is 806. The van der Waals surface area contributed by atoms with Crippen molar-refractivity contribution in [2.24, 2.45) is 10.2 Å². The van der Waals surface area contributed by atoms with Gasteiger partial charge in [0.05, 0.1) is 18.0 Å². The van der Waals surface area contributed by atoms with Crippen LogP contribution in [0.25, 0.3) is 0 Å². The first-order chi connectivity index (χ1) is 12.7. The molecule has 0 saturated carbocycles. The number of rotatable bonds is 6. The molecule has 3 rings (SSSR count). The molecule has 6 heteroatoms. The molecule has 4 nitrogen and oxygen atoms in total. The lowest BCUT2D eigenvalue weighted by molar-refractivity contribution is -0.126. The molecule has 0 spiro atoms. The van der Waals surface area contributed by atoms with E-state index in [2.05, 4.69) is 33.1 Å². The van der Waals surface area contributed by atoms with Gasteiger partial charge in [-0.25, -0.2) is 0 Å². The Kier molecular flexibility index (Phi) is 6.63. The predicted octanol–water partition coefficient (Wildman–Crippen LogP) is 5.08. The van der Waals surface area contributed by atoms with Crippen LogP contribution in [0.5, 0.6) is 0 Å². The van der Waals surface area contributed by atoms with E-state index in [1.807, 2.05) is 54.6 Å². The molecule has 0 aromatic heterocycles. The molecule has 26 heavy (non-hydrogen) atoms. The maximum atomic E-state index is 12.7. The summed E-state index contributed by atoms with van der Waals surface area (Å²) in [6.07, 6.45) is 3.53. The number of amidine groups is 1. The molecule has 0 aliphatic carbocycles. The minimum Gasteiger partial charge on any atom is -0.284 e. The predicted molar refractivity (Wildman–Crippen MR) is 112 cm³/mol. The Hall–Kier alpha value is -1.92. The van der Waals surface area contributed by atoms with Gasteiger partial charge in [-0.2, -0.15) is 5.10 Å². The van der Waals surface area contributed by atoms with Crippen LogP contribution >= 0.6 is 27.7 Å². The van der Waals surface area contributed by atoms with Crippen LogP contribution in [0.2, 0.25) is 0 Å². The molecule has 1 amide bonds. The molecular weight excluding hydrogens is 410 g/mol. The van der Waals surface area contributed by atoms with Crippen molar-refractivity contribution >= 4 is 45.0 Å². The van der Waals surface area contributed by atoms with Crippen LogP contribution in [0.15, 0.2) is 69.3 Å². The second-order valence-corrected chi connectivity index (χ2v) is 8.07. The second-order valence-electron chi connectivity index (χ2n) is 5.98. The summed E-state index contributed by atoms with van der Waals surface area (Å²) in [5.74, 6) is 0.123. The summed E-state index contributed by atoms with van der Waals surface area (Å²) in [6, 6.07) is 17.8. The van der Waals surface area contributed by atoms with Gasteiger partial charge in [0.2, 0.25) is 5.91 Å². The third kappa shape index (κ3) is 4.83. The lowest BCUT2D eigenvalue weighted by Gasteiger charge is -2.15. The first kappa shape index (κ1) is 18.9. The molecular formula is C20H20BrN3OS. The fourth-order valence-electron chi connectivity index (χ4n) is 2.64. The first-order valence-electron chi connectivity index (χ1n) is 8.56. The van der Waals surface area contributed by atoms with Crippen molar-refractivity contribution in [2.75, 3.05) is 0 Å². The minimum absolute atomic E-state index is 0.0645. The topological polar surface area (TPSA) is 45.0 Å². The average molecular weight is 430 g/mol. The molecule has 134 valence electrons. The van der Waals surface area contributed by atoms with Gasteiger partial charge < -0.3 is 0 Å². The van der Waals surface area contributed by atoms with Crippen molar-refractivity contribution in [3.05, 3.63) is 70.2 Å². The van der Waals surface area contributed by atoms with E-state index in [1.54, 1.807) is 11.1 Å². The summed E-state index contributed by atoms with van der Waals surface area (Å²) in [4.78, 5) is 14.5. The molecule has 1 aliphatic rings. The molecule has 1 atom stereocenters. The van der Waals surface area contributed by atoms with E-state index in [0.717, 1.165) is 28.4 Å². The maximum absolute atomic E-state index is 12.7. The van der Waals surface area contributed by atoms with Gasteiger partial charge in [-0.15, -0.1) is 5.10 Å². The molecule has 0 N–H and O–H groups in total. The third-order valence-electron chi connectivity index (χ3n) is 3.97. The lowest BCUT2D eigenvalue weighted by atomic mass is 10.2. The van der Waals surface area contributed by atoms with Crippen LogP contribution in [0, 0.1) is 0 Å². The van der Waals surface area contributed by atoms with Gasteiger partial charge in [-0.3, -0.25) is 9.69 Å². The molecule has 1 aliphatic heterocycles. The lowest BCUT2D eigenvalue weighted by Crippen LogP contribution is -2.31. The number of thioether (sulfide) groups is 1. The van der Waals surface area contributed by atoms with Crippen LogP contribution in [0.3, 0.4) is 0 Å². The molecule has 2 aromatic carbocycles. The highest BCUT2D eigenvalue weighted by molar-refractivity contribution is 9.10. The highest BCUT2D eigenvalue weighted by Gasteiger charge is 2.37. The van der Waals surface area contributed by atoms with Crippen molar-refractivity contribution in [1.82, 2.24) is 4.90 Å². The average Bonchev–Trinajstić information content (AvgIpc) is 2.94. The van der Waals surface area contributed by atoms with Crippen LogP contribution in [-0.4, -0.2) is 27.4 Å². The highest BCUT2D eigenvalue weighted by atomic mass is 79.9. The zero-order chi connectivity index (χ0) is 18.4. The number of benzene rings is 2. The summed E-state index contributed by atoms with van der Waals surface area (Å²) in [5, 5.41) is 9.16. The number of carbonyl (C=O) groups excluding carboxylic acids is 1. The molecule has 1 saturated heterocycles. The van der Waals surface area contributed by atoms with E-state index in [0.29, 0.717) is 11.7 Å². The van der Waals surface area contributed by atoms with Crippen molar-refractivity contribution in [3.63, 3.8) is 0 Å². The summed E-state index contributed by atoms with van der Waals surface area (Å²) in [6.45, 7) is 2.62. The van der Waals surface area contributed by atoms with Crippen molar-refractivity contribution in [2.45, 2.75) is 31.6 Å². The third-order valence-corrected chi connectivity index (χ3v) is 5.74.